The number of H-pyrrole nitrogens is 1. The summed E-state index contributed by atoms with van der Waals surface area (Å²) in [6.45, 7) is 0.621. The van der Waals surface area contributed by atoms with E-state index in [1.807, 2.05) is 0 Å². The molecule has 17 heavy (non-hydrogen) atoms. The molecule has 0 radical (unpaired) electrons. The highest BCUT2D eigenvalue weighted by atomic mass is 79.9. The first-order chi connectivity index (χ1) is 8.13. The molecular weight excluding hydrogens is 290 g/mol. The molecule has 0 atom stereocenters. The molecule has 0 spiro atoms. The van der Waals surface area contributed by atoms with Gasteiger partial charge in [-0.2, -0.15) is 0 Å². The molecule has 1 amide bonds. The molecule has 1 aliphatic carbocycles. The number of nitro groups is 1. The van der Waals surface area contributed by atoms with Crippen molar-refractivity contribution in [3.8, 4) is 0 Å². The van der Waals surface area contributed by atoms with Crippen LogP contribution in [0.5, 0.6) is 0 Å². The third-order valence-corrected chi connectivity index (χ3v) is 3.03. The van der Waals surface area contributed by atoms with E-state index in [0.29, 0.717) is 17.9 Å². The highest BCUT2D eigenvalue weighted by molar-refractivity contribution is 9.09. The molecule has 7 heteroatoms. The average Bonchev–Trinajstić information content (AvgIpc) is 3.00. The zero-order valence-corrected chi connectivity index (χ0v) is 10.6. The number of aromatic amines is 1. The molecule has 0 bridgehead atoms. The number of nitrogens with zero attached hydrogens (tertiary/aromatic N) is 2. The number of hydrogen-bond donors (Lipinski definition) is 1. The van der Waals surface area contributed by atoms with Crippen molar-refractivity contribution in [2.24, 2.45) is 0 Å². The van der Waals surface area contributed by atoms with Crippen LogP contribution in [0.3, 0.4) is 0 Å². The Kier molecular flexibility index (Phi) is 3.46. The van der Waals surface area contributed by atoms with Crippen LogP contribution in [0.15, 0.2) is 12.1 Å². The van der Waals surface area contributed by atoms with Crippen molar-refractivity contribution in [3.05, 3.63) is 27.9 Å². The van der Waals surface area contributed by atoms with Gasteiger partial charge in [-0.05, 0) is 23.8 Å². The summed E-state index contributed by atoms with van der Waals surface area (Å²) in [5.41, 5.74) is 0.282. The third-order valence-electron chi connectivity index (χ3n) is 2.67. The highest BCUT2D eigenvalue weighted by Crippen LogP contribution is 2.28. The van der Waals surface area contributed by atoms with Crippen molar-refractivity contribution in [3.63, 3.8) is 0 Å². The molecule has 92 valence electrons. The first-order valence-electron chi connectivity index (χ1n) is 5.34. The Morgan fingerprint density at radius 2 is 2.29 bits per heavy atom. The van der Waals surface area contributed by atoms with Crippen LogP contribution in [-0.2, 0) is 0 Å². The van der Waals surface area contributed by atoms with Crippen molar-refractivity contribution >= 4 is 27.7 Å². The Bertz CT molecular complexity index is 442. The van der Waals surface area contributed by atoms with Crippen molar-refractivity contribution in [2.45, 2.75) is 18.9 Å². The Labute approximate surface area is 106 Å². The van der Waals surface area contributed by atoms with Crippen LogP contribution in [0.25, 0.3) is 0 Å². The Balaban J connectivity index is 2.13. The van der Waals surface area contributed by atoms with Crippen molar-refractivity contribution in [2.75, 3.05) is 11.9 Å². The Hall–Kier alpha value is -1.37. The van der Waals surface area contributed by atoms with Crippen LogP contribution in [0, 0.1) is 10.1 Å². The van der Waals surface area contributed by atoms with Gasteiger partial charge in [-0.25, -0.2) is 4.98 Å². The highest BCUT2D eigenvalue weighted by Gasteiger charge is 2.34. The van der Waals surface area contributed by atoms with E-state index in [9.17, 15) is 14.9 Å². The number of carbonyl (C=O) groups excluding carboxylic acids is 1. The van der Waals surface area contributed by atoms with E-state index in [1.165, 1.54) is 12.1 Å². The molecule has 1 fully saturated rings. The first-order valence-corrected chi connectivity index (χ1v) is 6.46. The summed E-state index contributed by atoms with van der Waals surface area (Å²) >= 11 is 3.30. The second-order valence-corrected chi connectivity index (χ2v) is 4.73. The van der Waals surface area contributed by atoms with Gasteiger partial charge >= 0.3 is 5.82 Å². The van der Waals surface area contributed by atoms with Crippen LogP contribution in [0.2, 0.25) is 0 Å². The quantitative estimate of drug-likeness (QED) is 0.512. The van der Waals surface area contributed by atoms with Gasteiger partial charge in [-0.1, -0.05) is 15.9 Å². The molecule has 1 aromatic rings. The number of nitrogens with one attached hydrogen (secondary N) is 1. The Morgan fingerprint density at radius 3 is 2.76 bits per heavy atom. The standard InChI is InChI=1S/C10H12BrN3O3/c11-5-6-13(7-1-2-7)10(15)8-3-4-9(12-8)14(16)17/h3-4,7,12H,1-2,5-6H2. The fourth-order valence-electron chi connectivity index (χ4n) is 1.70. The van der Waals surface area contributed by atoms with Crippen LogP contribution < -0.4 is 0 Å². The monoisotopic (exact) mass is 301 g/mol. The number of halogens is 1. The molecule has 0 aromatic carbocycles. The van der Waals surface area contributed by atoms with Crippen molar-refractivity contribution in [1.29, 1.82) is 0 Å². The predicted molar refractivity (Wildman–Crippen MR) is 65.3 cm³/mol. The minimum atomic E-state index is -0.539. The lowest BCUT2D eigenvalue weighted by Crippen LogP contribution is -2.34. The van der Waals surface area contributed by atoms with Gasteiger partial charge in [0.25, 0.3) is 5.91 Å². The molecule has 0 saturated heterocycles. The number of rotatable bonds is 5. The molecule has 1 aromatic heterocycles. The van der Waals surface area contributed by atoms with Gasteiger partial charge in [0, 0.05) is 24.0 Å². The number of hydrogen-bond acceptors (Lipinski definition) is 3. The van der Waals surface area contributed by atoms with E-state index < -0.39 is 4.92 Å². The van der Waals surface area contributed by atoms with E-state index in [0.717, 1.165) is 12.8 Å². The molecule has 2 rings (SSSR count). The fourth-order valence-corrected chi connectivity index (χ4v) is 2.08. The van der Waals surface area contributed by atoms with E-state index >= 15 is 0 Å². The zero-order chi connectivity index (χ0) is 12.4. The summed E-state index contributed by atoms with van der Waals surface area (Å²) in [4.78, 5) is 26.4. The van der Waals surface area contributed by atoms with Gasteiger partial charge in [0.2, 0.25) is 0 Å². The summed E-state index contributed by atoms with van der Waals surface area (Å²) in [6.07, 6.45) is 2.03. The second-order valence-electron chi connectivity index (χ2n) is 3.93. The molecule has 0 aliphatic heterocycles. The van der Waals surface area contributed by atoms with Gasteiger partial charge in [-0.15, -0.1) is 0 Å². The average molecular weight is 302 g/mol. The SMILES string of the molecule is O=C(c1ccc([N+](=O)[O-])[nH]1)N(CCBr)C1CC1. The number of alkyl halides is 1. The van der Waals surface area contributed by atoms with E-state index in [-0.39, 0.29) is 17.4 Å². The third kappa shape index (κ3) is 2.66. The van der Waals surface area contributed by atoms with Gasteiger partial charge in [0.05, 0.1) is 0 Å². The van der Waals surface area contributed by atoms with Gasteiger partial charge in [0.1, 0.15) is 0 Å². The molecular formula is C10H12BrN3O3. The van der Waals surface area contributed by atoms with E-state index in [4.69, 9.17) is 0 Å². The number of aromatic nitrogens is 1. The molecule has 6 nitrogen and oxygen atoms in total. The zero-order valence-electron chi connectivity index (χ0n) is 9.06. The van der Waals surface area contributed by atoms with Crippen molar-refractivity contribution < 1.29 is 9.72 Å². The van der Waals surface area contributed by atoms with Crippen LogP contribution in [0.1, 0.15) is 23.3 Å². The topological polar surface area (TPSA) is 79.2 Å². The maximum atomic E-state index is 12.1. The van der Waals surface area contributed by atoms with E-state index in [1.54, 1.807) is 4.90 Å². The lowest BCUT2D eigenvalue weighted by atomic mass is 10.3. The summed E-state index contributed by atoms with van der Waals surface area (Å²) in [7, 11) is 0. The molecule has 1 saturated carbocycles. The normalized spacial score (nSPS) is 14.6. The number of carbonyl (C=O) groups is 1. The largest absolute Gasteiger partial charge is 0.358 e. The van der Waals surface area contributed by atoms with Crippen LogP contribution in [0.4, 0.5) is 5.82 Å². The summed E-state index contributed by atoms with van der Waals surface area (Å²) in [5, 5.41) is 11.2. The predicted octanol–water partition coefficient (Wildman–Crippen LogP) is 1.92. The minimum absolute atomic E-state index is 0.150. The van der Waals surface area contributed by atoms with Gasteiger partial charge in [0.15, 0.2) is 5.69 Å². The molecule has 1 heterocycles. The molecule has 1 aliphatic rings. The summed E-state index contributed by atoms with van der Waals surface area (Å²) in [5.74, 6) is -0.317. The smallest absolute Gasteiger partial charge is 0.321 e. The maximum Gasteiger partial charge on any atom is 0.321 e. The fraction of sp³-hybridized carbons (Fsp3) is 0.500. The van der Waals surface area contributed by atoms with E-state index in [2.05, 4.69) is 20.9 Å². The first kappa shape index (κ1) is 12.1. The van der Waals surface area contributed by atoms with Crippen LogP contribution >= 0.6 is 15.9 Å². The molecule has 0 unspecified atom stereocenters. The van der Waals surface area contributed by atoms with Gasteiger partial charge in [-0.3, -0.25) is 4.79 Å². The second kappa shape index (κ2) is 4.87. The number of amides is 1. The minimum Gasteiger partial charge on any atom is -0.358 e. The lowest BCUT2D eigenvalue weighted by molar-refractivity contribution is -0.389. The summed E-state index contributed by atoms with van der Waals surface area (Å²) in [6, 6.07) is 3.07. The van der Waals surface area contributed by atoms with Crippen LogP contribution in [-0.4, -0.2) is 38.6 Å². The molecule has 1 N–H and O–H groups in total. The summed E-state index contributed by atoms with van der Waals surface area (Å²) < 4.78 is 0. The maximum absolute atomic E-state index is 12.1. The van der Waals surface area contributed by atoms with Gasteiger partial charge < -0.3 is 15.0 Å². The van der Waals surface area contributed by atoms with Crippen molar-refractivity contribution in [1.82, 2.24) is 9.88 Å². The Morgan fingerprint density at radius 1 is 1.59 bits per heavy atom. The lowest BCUT2D eigenvalue weighted by Gasteiger charge is -2.19.